The molecule has 0 radical (unpaired) electrons. The summed E-state index contributed by atoms with van der Waals surface area (Å²) in [6.07, 6.45) is 0. The third kappa shape index (κ3) is 0.929. The smallest absolute Gasteiger partial charge is 0.167 e. The molecule has 1 aliphatic rings. The zero-order valence-corrected chi connectivity index (χ0v) is 8.59. The quantitative estimate of drug-likeness (QED) is 0.722. The van der Waals surface area contributed by atoms with Gasteiger partial charge in [0.05, 0.1) is 0 Å². The van der Waals surface area contributed by atoms with Crippen molar-refractivity contribution in [3.63, 3.8) is 0 Å². The number of rotatable bonds is 1. The predicted octanol–water partition coefficient (Wildman–Crippen LogP) is 2.41. The Hall–Kier alpha value is -0.990. The van der Waals surface area contributed by atoms with Gasteiger partial charge in [0.2, 0.25) is 0 Å². The Labute approximate surface area is 78.3 Å². The number of hydrogen-bond donors (Lipinski definition) is 1. The van der Waals surface area contributed by atoms with Crippen LogP contribution in [0.3, 0.4) is 0 Å². The minimum Gasteiger partial charge on any atom is -0.381 e. The molecule has 1 aromatic rings. The largest absolute Gasteiger partial charge is 0.381 e. The SMILES string of the molecule is CC1(C)C(c2cc(N)no2)C1(C)C. The molecule has 3 heteroatoms. The van der Waals surface area contributed by atoms with Crippen LogP contribution in [0.1, 0.15) is 39.4 Å². The fourth-order valence-corrected chi connectivity index (χ4v) is 2.35. The number of nitrogens with two attached hydrogens (primary N) is 1. The summed E-state index contributed by atoms with van der Waals surface area (Å²) in [5, 5.41) is 3.71. The predicted molar refractivity (Wildman–Crippen MR) is 51.2 cm³/mol. The first-order valence-corrected chi connectivity index (χ1v) is 4.59. The molecule has 1 heterocycles. The lowest BCUT2D eigenvalue weighted by Gasteiger charge is -2.03. The summed E-state index contributed by atoms with van der Waals surface area (Å²) in [5.41, 5.74) is 6.10. The first-order valence-electron chi connectivity index (χ1n) is 4.59. The fraction of sp³-hybridized carbons (Fsp3) is 0.700. The van der Waals surface area contributed by atoms with Crippen molar-refractivity contribution in [2.75, 3.05) is 5.73 Å². The van der Waals surface area contributed by atoms with Crippen LogP contribution in [-0.4, -0.2) is 5.16 Å². The lowest BCUT2D eigenvalue weighted by molar-refractivity contribution is 0.373. The van der Waals surface area contributed by atoms with Gasteiger partial charge >= 0.3 is 0 Å². The van der Waals surface area contributed by atoms with Crippen LogP contribution in [0.5, 0.6) is 0 Å². The van der Waals surface area contributed by atoms with E-state index in [2.05, 4.69) is 32.9 Å². The average molecular weight is 180 g/mol. The maximum absolute atomic E-state index is 5.52. The molecule has 1 fully saturated rings. The van der Waals surface area contributed by atoms with Crippen molar-refractivity contribution < 1.29 is 4.52 Å². The molecule has 3 nitrogen and oxygen atoms in total. The average Bonchev–Trinajstić information content (AvgIpc) is 2.32. The molecule has 0 atom stereocenters. The van der Waals surface area contributed by atoms with Crippen LogP contribution >= 0.6 is 0 Å². The van der Waals surface area contributed by atoms with Crippen molar-refractivity contribution in [1.29, 1.82) is 0 Å². The second kappa shape index (κ2) is 2.08. The highest BCUT2D eigenvalue weighted by molar-refractivity contribution is 5.35. The molecule has 1 aliphatic carbocycles. The summed E-state index contributed by atoms with van der Waals surface area (Å²) in [6, 6.07) is 1.83. The van der Waals surface area contributed by atoms with Gasteiger partial charge in [0.25, 0.3) is 0 Å². The van der Waals surface area contributed by atoms with Crippen LogP contribution < -0.4 is 5.73 Å². The van der Waals surface area contributed by atoms with E-state index >= 15 is 0 Å². The van der Waals surface area contributed by atoms with Crippen LogP contribution in [0.4, 0.5) is 5.82 Å². The van der Waals surface area contributed by atoms with Crippen molar-refractivity contribution in [2.24, 2.45) is 10.8 Å². The topological polar surface area (TPSA) is 52.0 Å². The summed E-state index contributed by atoms with van der Waals surface area (Å²) in [7, 11) is 0. The van der Waals surface area contributed by atoms with Gasteiger partial charge in [-0.25, -0.2) is 0 Å². The van der Waals surface area contributed by atoms with Gasteiger partial charge in [-0.1, -0.05) is 32.9 Å². The van der Waals surface area contributed by atoms with Crippen molar-refractivity contribution in [3.05, 3.63) is 11.8 Å². The highest BCUT2D eigenvalue weighted by Gasteiger charge is 2.66. The molecule has 0 unspecified atom stereocenters. The van der Waals surface area contributed by atoms with Crippen LogP contribution in [0.25, 0.3) is 0 Å². The Balaban J connectivity index is 2.32. The van der Waals surface area contributed by atoms with Crippen molar-refractivity contribution in [3.8, 4) is 0 Å². The van der Waals surface area contributed by atoms with E-state index in [0.717, 1.165) is 5.76 Å². The van der Waals surface area contributed by atoms with Crippen molar-refractivity contribution in [2.45, 2.75) is 33.6 Å². The monoisotopic (exact) mass is 180 g/mol. The lowest BCUT2D eigenvalue weighted by Crippen LogP contribution is -1.95. The summed E-state index contributed by atoms with van der Waals surface area (Å²) in [4.78, 5) is 0. The summed E-state index contributed by atoms with van der Waals surface area (Å²) in [5.74, 6) is 1.85. The molecule has 0 amide bonds. The van der Waals surface area contributed by atoms with E-state index in [-0.39, 0.29) is 0 Å². The molecule has 0 aliphatic heterocycles. The molecular weight excluding hydrogens is 164 g/mol. The van der Waals surface area contributed by atoms with E-state index in [1.165, 1.54) is 0 Å². The molecule has 72 valence electrons. The third-order valence-corrected chi connectivity index (χ3v) is 3.85. The zero-order valence-electron chi connectivity index (χ0n) is 8.59. The lowest BCUT2D eigenvalue weighted by atomic mass is 10.0. The second-order valence-corrected chi connectivity index (χ2v) is 5.03. The van der Waals surface area contributed by atoms with Gasteiger partial charge in [-0.15, -0.1) is 0 Å². The highest BCUT2D eigenvalue weighted by atomic mass is 16.5. The second-order valence-electron chi connectivity index (χ2n) is 5.03. The summed E-state index contributed by atoms with van der Waals surface area (Å²) >= 11 is 0. The van der Waals surface area contributed by atoms with Crippen LogP contribution in [0.2, 0.25) is 0 Å². The molecule has 13 heavy (non-hydrogen) atoms. The molecule has 0 bridgehead atoms. The normalized spacial score (nSPS) is 24.6. The number of anilines is 1. The van der Waals surface area contributed by atoms with E-state index in [1.54, 1.807) is 0 Å². The van der Waals surface area contributed by atoms with Gasteiger partial charge < -0.3 is 10.3 Å². The third-order valence-electron chi connectivity index (χ3n) is 3.85. The molecule has 1 aromatic heterocycles. The Kier molecular flexibility index (Phi) is 1.38. The molecule has 0 spiro atoms. The van der Waals surface area contributed by atoms with Crippen molar-refractivity contribution >= 4 is 5.82 Å². The van der Waals surface area contributed by atoms with Crippen molar-refractivity contribution in [1.82, 2.24) is 5.16 Å². The first-order chi connectivity index (χ1) is 5.87. The van der Waals surface area contributed by atoms with Crippen LogP contribution in [0, 0.1) is 10.8 Å². The van der Waals surface area contributed by atoms with Gasteiger partial charge in [-0.2, -0.15) is 0 Å². The van der Waals surface area contributed by atoms with Crippen LogP contribution in [-0.2, 0) is 0 Å². The van der Waals surface area contributed by atoms with E-state index in [4.69, 9.17) is 10.3 Å². The maximum atomic E-state index is 5.52. The minimum atomic E-state index is 0.291. The van der Waals surface area contributed by atoms with E-state index in [1.807, 2.05) is 6.07 Å². The van der Waals surface area contributed by atoms with E-state index in [0.29, 0.717) is 22.6 Å². The summed E-state index contributed by atoms with van der Waals surface area (Å²) in [6.45, 7) is 8.99. The van der Waals surface area contributed by atoms with Crippen LogP contribution in [0.15, 0.2) is 10.6 Å². The highest BCUT2D eigenvalue weighted by Crippen LogP contribution is 2.73. The number of hydrogen-bond acceptors (Lipinski definition) is 3. The number of nitrogens with zero attached hydrogens (tertiary/aromatic N) is 1. The Morgan fingerprint density at radius 3 is 2.15 bits per heavy atom. The van der Waals surface area contributed by atoms with Gasteiger partial charge in [0.15, 0.2) is 5.82 Å². The van der Waals surface area contributed by atoms with Gasteiger partial charge in [-0.3, -0.25) is 0 Å². The minimum absolute atomic E-state index is 0.291. The number of nitrogen functional groups attached to an aromatic ring is 1. The Bertz CT molecular complexity index is 324. The zero-order chi connectivity index (χ0) is 9.85. The molecule has 2 N–H and O–H groups in total. The number of aromatic nitrogens is 1. The van der Waals surface area contributed by atoms with Gasteiger partial charge in [0, 0.05) is 12.0 Å². The standard InChI is InChI=1S/C10H16N2O/c1-9(2)8(10(9,3)4)6-5-7(11)12-13-6/h5,8H,1-4H3,(H2,11,12). The van der Waals surface area contributed by atoms with Gasteiger partial charge in [-0.05, 0) is 10.8 Å². The molecular formula is C10H16N2O. The molecule has 1 saturated carbocycles. The summed E-state index contributed by atoms with van der Waals surface area (Å²) < 4.78 is 5.18. The van der Waals surface area contributed by atoms with E-state index < -0.39 is 0 Å². The first kappa shape index (κ1) is 8.60. The molecule has 0 saturated heterocycles. The Morgan fingerprint density at radius 1 is 1.31 bits per heavy atom. The van der Waals surface area contributed by atoms with Gasteiger partial charge in [0.1, 0.15) is 5.76 Å². The van der Waals surface area contributed by atoms with E-state index in [9.17, 15) is 0 Å². The molecule has 0 aromatic carbocycles. The Morgan fingerprint density at radius 2 is 1.85 bits per heavy atom. The maximum Gasteiger partial charge on any atom is 0.167 e. The fourth-order valence-electron chi connectivity index (χ4n) is 2.35. The molecule has 2 rings (SSSR count).